The van der Waals surface area contributed by atoms with E-state index in [4.69, 9.17) is 9.47 Å². The molecule has 3 amide bonds. The third-order valence-corrected chi connectivity index (χ3v) is 3.90. The number of rotatable bonds is 9. The largest absolute Gasteiger partial charge is 0.484 e. The van der Waals surface area contributed by atoms with E-state index in [9.17, 15) is 14.4 Å². The highest BCUT2D eigenvalue weighted by Gasteiger charge is 2.09. The van der Waals surface area contributed by atoms with Crippen molar-refractivity contribution in [1.29, 1.82) is 0 Å². The smallest absolute Gasteiger partial charge is 0.259 e. The average Bonchev–Trinajstić information content (AvgIpc) is 2.70. The number of likely N-dealkylation sites (N-methyl/N-ethyl adjacent to an activating group) is 1. The number of nitrogens with one attached hydrogen (secondary N) is 2. The standard InChI is InChI=1S/C21H25N3O5/c1-24(2)20(26)14-29-18-9-5-7-16(11-18)21(27)22-12-15-6-4-8-17(10-15)23-19(25)13-28-3/h4-11H,12-14H2,1-3H3,(H,22,27)(H,23,25). The van der Waals surface area contributed by atoms with Crippen LogP contribution in [0.4, 0.5) is 5.69 Å². The summed E-state index contributed by atoms with van der Waals surface area (Å²) in [5.74, 6) is -0.255. The molecule has 0 saturated heterocycles. The molecule has 0 aromatic heterocycles. The molecule has 0 fully saturated rings. The van der Waals surface area contributed by atoms with Gasteiger partial charge in [0.1, 0.15) is 12.4 Å². The molecule has 2 aromatic rings. The fourth-order valence-electron chi connectivity index (χ4n) is 2.37. The number of anilines is 1. The number of methoxy groups -OCH3 is 1. The molecule has 29 heavy (non-hydrogen) atoms. The van der Waals surface area contributed by atoms with Crippen LogP contribution < -0.4 is 15.4 Å². The molecule has 8 heteroatoms. The third-order valence-electron chi connectivity index (χ3n) is 3.90. The third kappa shape index (κ3) is 7.27. The number of carbonyl (C=O) groups is 3. The van der Waals surface area contributed by atoms with Crippen LogP contribution in [0.3, 0.4) is 0 Å². The maximum atomic E-state index is 12.4. The molecule has 154 valence electrons. The maximum absolute atomic E-state index is 12.4. The lowest BCUT2D eigenvalue weighted by Crippen LogP contribution is -2.27. The van der Waals surface area contributed by atoms with Crippen molar-refractivity contribution in [1.82, 2.24) is 10.2 Å². The number of carbonyl (C=O) groups excluding carboxylic acids is 3. The number of amides is 3. The van der Waals surface area contributed by atoms with Crippen molar-refractivity contribution in [2.75, 3.05) is 39.7 Å². The van der Waals surface area contributed by atoms with Gasteiger partial charge < -0.3 is 25.0 Å². The zero-order valence-corrected chi connectivity index (χ0v) is 16.7. The molecule has 0 aliphatic rings. The summed E-state index contributed by atoms with van der Waals surface area (Å²) in [7, 11) is 4.74. The van der Waals surface area contributed by atoms with Crippen LogP contribution in [-0.4, -0.2) is 57.0 Å². The minimum atomic E-state index is -0.275. The topological polar surface area (TPSA) is 97.0 Å². The Hall–Kier alpha value is -3.39. The highest BCUT2D eigenvalue weighted by Crippen LogP contribution is 2.14. The number of ether oxygens (including phenoxy) is 2. The molecule has 0 bridgehead atoms. The van der Waals surface area contributed by atoms with Crippen molar-refractivity contribution in [3.63, 3.8) is 0 Å². The first-order chi connectivity index (χ1) is 13.9. The summed E-state index contributed by atoms with van der Waals surface area (Å²) in [4.78, 5) is 37.1. The summed E-state index contributed by atoms with van der Waals surface area (Å²) < 4.78 is 10.2. The number of nitrogens with zero attached hydrogens (tertiary/aromatic N) is 1. The molecule has 0 heterocycles. The SMILES string of the molecule is COCC(=O)Nc1cccc(CNC(=O)c2cccc(OCC(=O)N(C)C)c2)c1. The van der Waals surface area contributed by atoms with Crippen LogP contribution in [-0.2, 0) is 20.9 Å². The van der Waals surface area contributed by atoms with Crippen LogP contribution in [0.25, 0.3) is 0 Å². The van der Waals surface area contributed by atoms with Gasteiger partial charge in [-0.25, -0.2) is 0 Å². The Morgan fingerprint density at radius 1 is 1.00 bits per heavy atom. The first kappa shape index (κ1) is 21.9. The van der Waals surface area contributed by atoms with Crippen molar-refractivity contribution in [2.24, 2.45) is 0 Å². The normalized spacial score (nSPS) is 10.2. The van der Waals surface area contributed by atoms with Crippen molar-refractivity contribution in [3.05, 3.63) is 59.7 Å². The van der Waals surface area contributed by atoms with Crippen molar-refractivity contribution in [2.45, 2.75) is 6.54 Å². The summed E-state index contributed by atoms with van der Waals surface area (Å²) in [6.45, 7) is 0.163. The molecule has 0 radical (unpaired) electrons. The zero-order chi connectivity index (χ0) is 21.2. The van der Waals surface area contributed by atoms with Crippen molar-refractivity contribution >= 4 is 23.4 Å². The van der Waals surface area contributed by atoms with Gasteiger partial charge in [0, 0.05) is 39.0 Å². The van der Waals surface area contributed by atoms with Gasteiger partial charge in [-0.1, -0.05) is 18.2 Å². The maximum Gasteiger partial charge on any atom is 0.259 e. The van der Waals surface area contributed by atoms with E-state index in [0.717, 1.165) is 5.56 Å². The van der Waals surface area contributed by atoms with Crippen molar-refractivity contribution < 1.29 is 23.9 Å². The van der Waals surface area contributed by atoms with Crippen LogP contribution in [0.5, 0.6) is 5.75 Å². The Morgan fingerprint density at radius 3 is 2.48 bits per heavy atom. The fraction of sp³-hybridized carbons (Fsp3) is 0.286. The summed E-state index contributed by atoms with van der Waals surface area (Å²) in [6, 6.07) is 13.8. The minimum absolute atomic E-state index is 0.0283. The Balaban J connectivity index is 1.93. The van der Waals surface area contributed by atoms with E-state index in [-0.39, 0.29) is 37.5 Å². The Labute approximate surface area is 169 Å². The molecule has 8 nitrogen and oxygen atoms in total. The molecule has 2 rings (SSSR count). The van der Waals surface area contributed by atoms with E-state index in [0.29, 0.717) is 17.0 Å². The predicted octanol–water partition coefficient (Wildman–Crippen LogP) is 1.67. The van der Waals surface area contributed by atoms with Gasteiger partial charge in [-0.3, -0.25) is 14.4 Å². The molecule has 0 saturated carbocycles. The number of hydrogen-bond acceptors (Lipinski definition) is 5. The second-order valence-electron chi connectivity index (χ2n) is 6.47. The molecule has 0 aliphatic carbocycles. The summed E-state index contributed by atoms with van der Waals surface area (Å²) in [5, 5.41) is 5.54. The van der Waals surface area contributed by atoms with E-state index in [1.807, 2.05) is 6.07 Å². The minimum Gasteiger partial charge on any atom is -0.484 e. The van der Waals surface area contributed by atoms with Crippen molar-refractivity contribution in [3.8, 4) is 5.75 Å². The highest BCUT2D eigenvalue weighted by molar-refractivity contribution is 5.94. The van der Waals surface area contributed by atoms with Gasteiger partial charge in [-0.05, 0) is 35.9 Å². The van der Waals surface area contributed by atoms with Gasteiger partial charge in [-0.15, -0.1) is 0 Å². The van der Waals surface area contributed by atoms with E-state index in [1.54, 1.807) is 56.6 Å². The molecular formula is C21H25N3O5. The van der Waals surface area contributed by atoms with E-state index >= 15 is 0 Å². The quantitative estimate of drug-likeness (QED) is 0.669. The Kier molecular flexibility index (Phi) is 8.17. The van der Waals surface area contributed by atoms with E-state index in [2.05, 4.69) is 10.6 Å². The van der Waals surface area contributed by atoms with Crippen LogP contribution in [0.1, 0.15) is 15.9 Å². The first-order valence-corrected chi connectivity index (χ1v) is 8.98. The fourth-order valence-corrected chi connectivity index (χ4v) is 2.37. The zero-order valence-electron chi connectivity index (χ0n) is 16.7. The van der Waals surface area contributed by atoms with Crippen LogP contribution >= 0.6 is 0 Å². The van der Waals surface area contributed by atoms with E-state index < -0.39 is 0 Å². The Morgan fingerprint density at radius 2 is 1.76 bits per heavy atom. The van der Waals surface area contributed by atoms with Gasteiger partial charge >= 0.3 is 0 Å². The molecular weight excluding hydrogens is 374 g/mol. The lowest BCUT2D eigenvalue weighted by molar-refractivity contribution is -0.130. The monoisotopic (exact) mass is 399 g/mol. The molecule has 0 atom stereocenters. The molecule has 0 unspecified atom stereocenters. The predicted molar refractivity (Wildman–Crippen MR) is 109 cm³/mol. The molecule has 0 aliphatic heterocycles. The second-order valence-corrected chi connectivity index (χ2v) is 6.47. The second kappa shape index (κ2) is 10.8. The van der Waals surface area contributed by atoms with Gasteiger partial charge in [0.15, 0.2) is 6.61 Å². The lowest BCUT2D eigenvalue weighted by Gasteiger charge is -2.12. The van der Waals surface area contributed by atoms with Gasteiger partial charge in [-0.2, -0.15) is 0 Å². The lowest BCUT2D eigenvalue weighted by atomic mass is 10.1. The Bertz CT molecular complexity index is 867. The number of benzene rings is 2. The van der Waals surface area contributed by atoms with E-state index in [1.165, 1.54) is 12.0 Å². The van der Waals surface area contributed by atoms with Crippen LogP contribution in [0.2, 0.25) is 0 Å². The molecule has 2 aromatic carbocycles. The van der Waals surface area contributed by atoms with Crippen LogP contribution in [0, 0.1) is 0 Å². The van der Waals surface area contributed by atoms with Gasteiger partial charge in [0.2, 0.25) is 5.91 Å². The first-order valence-electron chi connectivity index (χ1n) is 8.98. The summed E-state index contributed by atoms with van der Waals surface area (Å²) in [5.41, 5.74) is 1.88. The molecule has 2 N–H and O–H groups in total. The number of hydrogen-bond donors (Lipinski definition) is 2. The average molecular weight is 399 g/mol. The van der Waals surface area contributed by atoms with Gasteiger partial charge in [0.25, 0.3) is 11.8 Å². The highest BCUT2D eigenvalue weighted by atomic mass is 16.5. The summed E-state index contributed by atoms with van der Waals surface area (Å²) >= 11 is 0. The molecule has 0 spiro atoms. The van der Waals surface area contributed by atoms with Gasteiger partial charge in [0.05, 0.1) is 0 Å². The summed E-state index contributed by atoms with van der Waals surface area (Å²) in [6.07, 6.45) is 0. The van der Waals surface area contributed by atoms with Crippen LogP contribution in [0.15, 0.2) is 48.5 Å².